The standard InChI is InChI=1S/C18H18FN5O2/c1-3-24-16-9-8-12(10-15(16)21-22-24)18(26)23(2)11-17(25)20-14-7-5-4-6-13(14)19/h4-10H,3,11H2,1-2H3,(H,20,25). The van der Waals surface area contributed by atoms with Gasteiger partial charge in [-0.15, -0.1) is 5.10 Å². The highest BCUT2D eigenvalue weighted by Crippen LogP contribution is 2.15. The predicted molar refractivity (Wildman–Crippen MR) is 95.2 cm³/mol. The van der Waals surface area contributed by atoms with E-state index in [0.717, 1.165) is 5.52 Å². The predicted octanol–water partition coefficient (Wildman–Crippen LogP) is 2.30. The molecule has 2 amide bonds. The number of amides is 2. The van der Waals surface area contributed by atoms with Crippen LogP contribution in [0.3, 0.4) is 0 Å². The van der Waals surface area contributed by atoms with Crippen LogP contribution in [-0.2, 0) is 11.3 Å². The summed E-state index contributed by atoms with van der Waals surface area (Å²) in [5.74, 6) is -1.34. The van der Waals surface area contributed by atoms with Crippen molar-refractivity contribution in [1.29, 1.82) is 0 Å². The number of halogens is 1. The van der Waals surface area contributed by atoms with Gasteiger partial charge in [0.05, 0.1) is 17.7 Å². The number of aryl methyl sites for hydroxylation is 1. The zero-order valence-corrected chi connectivity index (χ0v) is 14.4. The van der Waals surface area contributed by atoms with Gasteiger partial charge in [-0.25, -0.2) is 9.07 Å². The maximum Gasteiger partial charge on any atom is 0.254 e. The highest BCUT2D eigenvalue weighted by atomic mass is 19.1. The Morgan fingerprint density at radius 3 is 2.73 bits per heavy atom. The summed E-state index contributed by atoms with van der Waals surface area (Å²) >= 11 is 0. The number of rotatable bonds is 5. The van der Waals surface area contributed by atoms with Crippen LogP contribution in [0, 0.1) is 5.82 Å². The molecule has 0 aliphatic heterocycles. The van der Waals surface area contributed by atoms with Gasteiger partial charge in [0.2, 0.25) is 5.91 Å². The van der Waals surface area contributed by atoms with E-state index < -0.39 is 11.7 Å². The first-order valence-electron chi connectivity index (χ1n) is 8.12. The van der Waals surface area contributed by atoms with Crippen molar-refractivity contribution in [2.75, 3.05) is 18.9 Å². The van der Waals surface area contributed by atoms with Crippen LogP contribution in [0.15, 0.2) is 42.5 Å². The van der Waals surface area contributed by atoms with Crippen molar-refractivity contribution >= 4 is 28.5 Å². The first-order valence-corrected chi connectivity index (χ1v) is 8.12. The van der Waals surface area contributed by atoms with Crippen molar-refractivity contribution in [3.05, 3.63) is 53.8 Å². The Kier molecular flexibility index (Phi) is 4.92. The number of benzene rings is 2. The number of carbonyl (C=O) groups is 2. The molecule has 2 aromatic carbocycles. The first-order chi connectivity index (χ1) is 12.5. The number of hydrogen-bond acceptors (Lipinski definition) is 4. The number of hydrogen-bond donors (Lipinski definition) is 1. The zero-order valence-electron chi connectivity index (χ0n) is 14.4. The van der Waals surface area contributed by atoms with E-state index in [9.17, 15) is 14.0 Å². The lowest BCUT2D eigenvalue weighted by atomic mass is 10.1. The van der Waals surface area contributed by atoms with Crippen molar-refractivity contribution in [2.45, 2.75) is 13.5 Å². The molecule has 26 heavy (non-hydrogen) atoms. The number of likely N-dealkylation sites (N-methyl/N-ethyl adjacent to an activating group) is 1. The van der Waals surface area contributed by atoms with Gasteiger partial charge in [-0.1, -0.05) is 17.3 Å². The maximum absolute atomic E-state index is 13.6. The second-order valence-electron chi connectivity index (χ2n) is 5.80. The van der Waals surface area contributed by atoms with Crippen LogP contribution in [0.4, 0.5) is 10.1 Å². The topological polar surface area (TPSA) is 80.1 Å². The third kappa shape index (κ3) is 3.53. The molecule has 0 saturated heterocycles. The molecule has 0 radical (unpaired) electrons. The highest BCUT2D eigenvalue weighted by Gasteiger charge is 2.17. The van der Waals surface area contributed by atoms with Crippen molar-refractivity contribution < 1.29 is 14.0 Å². The van der Waals surface area contributed by atoms with Gasteiger partial charge in [-0.05, 0) is 37.3 Å². The summed E-state index contributed by atoms with van der Waals surface area (Å²) < 4.78 is 15.3. The number of aromatic nitrogens is 3. The van der Waals surface area contributed by atoms with E-state index in [4.69, 9.17) is 0 Å². The molecule has 1 aromatic heterocycles. The lowest BCUT2D eigenvalue weighted by Gasteiger charge is -2.17. The molecular formula is C18H18FN5O2. The van der Waals surface area contributed by atoms with Crippen LogP contribution in [0.5, 0.6) is 0 Å². The zero-order chi connectivity index (χ0) is 18.7. The lowest BCUT2D eigenvalue weighted by molar-refractivity contribution is -0.116. The van der Waals surface area contributed by atoms with E-state index in [-0.39, 0.29) is 18.1 Å². The van der Waals surface area contributed by atoms with Crippen LogP contribution in [0.2, 0.25) is 0 Å². The Balaban J connectivity index is 1.69. The van der Waals surface area contributed by atoms with E-state index in [1.165, 1.54) is 30.1 Å². The molecule has 0 aliphatic rings. The monoisotopic (exact) mass is 355 g/mol. The van der Waals surface area contributed by atoms with Gasteiger partial charge in [0, 0.05) is 19.2 Å². The second-order valence-corrected chi connectivity index (χ2v) is 5.80. The Morgan fingerprint density at radius 2 is 2.00 bits per heavy atom. The summed E-state index contributed by atoms with van der Waals surface area (Å²) in [6.07, 6.45) is 0. The molecule has 7 nitrogen and oxygen atoms in total. The van der Waals surface area contributed by atoms with Crippen LogP contribution in [0.25, 0.3) is 11.0 Å². The summed E-state index contributed by atoms with van der Waals surface area (Å²) in [5, 5.41) is 10.5. The molecule has 1 N–H and O–H groups in total. The van der Waals surface area contributed by atoms with E-state index in [0.29, 0.717) is 17.6 Å². The van der Waals surface area contributed by atoms with E-state index in [1.54, 1.807) is 28.9 Å². The molecular weight excluding hydrogens is 337 g/mol. The molecule has 8 heteroatoms. The van der Waals surface area contributed by atoms with Crippen LogP contribution >= 0.6 is 0 Å². The second kappa shape index (κ2) is 7.30. The SMILES string of the molecule is CCn1nnc2cc(C(=O)N(C)CC(=O)Nc3ccccc3F)ccc21. The Hall–Kier alpha value is -3.29. The van der Waals surface area contributed by atoms with E-state index >= 15 is 0 Å². The fraction of sp³-hybridized carbons (Fsp3) is 0.222. The first kappa shape index (κ1) is 17.5. The summed E-state index contributed by atoms with van der Waals surface area (Å²) in [4.78, 5) is 25.9. The summed E-state index contributed by atoms with van der Waals surface area (Å²) in [6, 6.07) is 11.0. The van der Waals surface area contributed by atoms with Gasteiger partial charge in [0.25, 0.3) is 5.91 Å². The van der Waals surface area contributed by atoms with Crippen molar-refractivity contribution in [1.82, 2.24) is 19.9 Å². The van der Waals surface area contributed by atoms with E-state index in [2.05, 4.69) is 15.6 Å². The molecule has 1 heterocycles. The van der Waals surface area contributed by atoms with Gasteiger partial charge in [0.1, 0.15) is 11.3 Å². The summed E-state index contributed by atoms with van der Waals surface area (Å²) in [7, 11) is 1.51. The van der Waals surface area contributed by atoms with Gasteiger partial charge in [-0.2, -0.15) is 0 Å². The molecule has 0 saturated carbocycles. The fourth-order valence-electron chi connectivity index (χ4n) is 2.60. The highest BCUT2D eigenvalue weighted by molar-refractivity contribution is 6.00. The molecule has 0 bridgehead atoms. The molecule has 0 atom stereocenters. The third-order valence-electron chi connectivity index (χ3n) is 3.94. The van der Waals surface area contributed by atoms with Gasteiger partial charge < -0.3 is 10.2 Å². The van der Waals surface area contributed by atoms with Crippen molar-refractivity contribution in [3.63, 3.8) is 0 Å². The average Bonchev–Trinajstić information content (AvgIpc) is 3.05. The minimum Gasteiger partial charge on any atom is -0.332 e. The minimum absolute atomic E-state index is 0.0796. The molecule has 3 rings (SSSR count). The van der Waals surface area contributed by atoms with Crippen molar-refractivity contribution in [3.8, 4) is 0 Å². The largest absolute Gasteiger partial charge is 0.332 e. The maximum atomic E-state index is 13.6. The number of fused-ring (bicyclic) bond motifs is 1. The summed E-state index contributed by atoms with van der Waals surface area (Å²) in [6.45, 7) is 2.43. The molecule has 134 valence electrons. The van der Waals surface area contributed by atoms with Crippen molar-refractivity contribution in [2.24, 2.45) is 0 Å². The van der Waals surface area contributed by atoms with Gasteiger partial charge >= 0.3 is 0 Å². The number of para-hydroxylation sites is 1. The molecule has 0 fully saturated rings. The van der Waals surface area contributed by atoms with Crippen LogP contribution in [-0.4, -0.2) is 45.3 Å². The average molecular weight is 355 g/mol. The summed E-state index contributed by atoms with van der Waals surface area (Å²) in [5.41, 5.74) is 1.93. The Morgan fingerprint density at radius 1 is 1.23 bits per heavy atom. The molecule has 0 aliphatic carbocycles. The lowest BCUT2D eigenvalue weighted by Crippen LogP contribution is -2.35. The molecule has 0 spiro atoms. The third-order valence-corrected chi connectivity index (χ3v) is 3.94. The molecule has 0 unspecified atom stereocenters. The quantitative estimate of drug-likeness (QED) is 0.762. The Bertz CT molecular complexity index is 969. The van der Waals surface area contributed by atoms with Crippen LogP contribution < -0.4 is 5.32 Å². The number of carbonyl (C=O) groups excluding carboxylic acids is 2. The normalized spacial score (nSPS) is 10.7. The minimum atomic E-state index is -0.528. The number of nitrogens with one attached hydrogen (secondary N) is 1. The van der Waals surface area contributed by atoms with Gasteiger partial charge in [0.15, 0.2) is 0 Å². The van der Waals surface area contributed by atoms with E-state index in [1.807, 2.05) is 6.92 Å². The molecule has 3 aromatic rings. The number of nitrogens with zero attached hydrogens (tertiary/aromatic N) is 4. The fourth-order valence-corrected chi connectivity index (χ4v) is 2.60. The van der Waals surface area contributed by atoms with Crippen LogP contribution in [0.1, 0.15) is 17.3 Å². The van der Waals surface area contributed by atoms with Gasteiger partial charge in [-0.3, -0.25) is 9.59 Å². The Labute approximate surface area is 149 Å². The number of anilines is 1. The smallest absolute Gasteiger partial charge is 0.254 e.